The molecule has 1 heterocycles. The maximum absolute atomic E-state index is 11.8. The maximum Gasteiger partial charge on any atom is 0.245 e. The van der Waals surface area contributed by atoms with Gasteiger partial charge in [0.25, 0.3) is 0 Å². The molecule has 1 aromatic carbocycles. The molecule has 0 spiro atoms. The lowest BCUT2D eigenvalue weighted by Crippen LogP contribution is -2.47. The van der Waals surface area contributed by atoms with Crippen LogP contribution < -0.4 is 5.32 Å². The first-order valence-corrected chi connectivity index (χ1v) is 8.37. The van der Waals surface area contributed by atoms with E-state index in [0.717, 1.165) is 25.9 Å². The third-order valence-electron chi connectivity index (χ3n) is 3.55. The number of amides is 2. The van der Waals surface area contributed by atoms with Gasteiger partial charge in [0, 0.05) is 13.1 Å². The van der Waals surface area contributed by atoms with Crippen LogP contribution in [-0.4, -0.2) is 41.5 Å². The summed E-state index contributed by atoms with van der Waals surface area (Å²) >= 11 is 11.1. The minimum absolute atomic E-state index is 0.0688. The first kappa shape index (κ1) is 19.6. The van der Waals surface area contributed by atoms with E-state index < -0.39 is 0 Å². The van der Waals surface area contributed by atoms with Crippen LogP contribution >= 0.6 is 23.2 Å². The van der Waals surface area contributed by atoms with Crippen LogP contribution in [0.25, 0.3) is 0 Å². The van der Waals surface area contributed by atoms with Gasteiger partial charge in [0.2, 0.25) is 12.3 Å². The second-order valence-electron chi connectivity index (χ2n) is 5.23. The van der Waals surface area contributed by atoms with Gasteiger partial charge in [-0.05, 0) is 43.9 Å². The summed E-state index contributed by atoms with van der Waals surface area (Å²) in [4.78, 5) is 24.0. The number of nitrogens with zero attached hydrogens (tertiary/aromatic N) is 1. The van der Waals surface area contributed by atoms with Crippen molar-refractivity contribution < 1.29 is 14.7 Å². The van der Waals surface area contributed by atoms with Gasteiger partial charge in [0.1, 0.15) is 11.8 Å². The zero-order valence-electron chi connectivity index (χ0n) is 13.1. The van der Waals surface area contributed by atoms with Gasteiger partial charge < -0.3 is 15.3 Å². The van der Waals surface area contributed by atoms with Crippen molar-refractivity contribution in [3.05, 3.63) is 28.2 Å². The van der Waals surface area contributed by atoms with E-state index in [-0.39, 0.29) is 17.7 Å². The first-order chi connectivity index (χ1) is 11.0. The Labute approximate surface area is 146 Å². The summed E-state index contributed by atoms with van der Waals surface area (Å²) in [7, 11) is 0. The average Bonchev–Trinajstić information content (AvgIpc) is 2.57. The molecule has 1 aromatic rings. The van der Waals surface area contributed by atoms with Gasteiger partial charge in [-0.25, -0.2) is 0 Å². The summed E-state index contributed by atoms with van der Waals surface area (Å²) in [6.45, 7) is 3.59. The van der Waals surface area contributed by atoms with Crippen molar-refractivity contribution in [2.24, 2.45) is 0 Å². The minimum atomic E-state index is -0.328. The molecule has 1 saturated heterocycles. The third-order valence-corrected chi connectivity index (χ3v) is 4.29. The number of hydrogen-bond donors (Lipinski definition) is 2. The largest absolute Gasteiger partial charge is 0.508 e. The van der Waals surface area contributed by atoms with Gasteiger partial charge in [-0.15, -0.1) is 0 Å². The van der Waals surface area contributed by atoms with E-state index in [1.807, 2.05) is 11.8 Å². The standard InChI is InChI=1S/C10H18N2O2.C6H4Cl2O/c1-2-9(11-8-13)10(14)12-6-4-3-5-7-12;7-5-2-1-4(9)3-6(5)8/h8-9H,2-7H2,1H3,(H,11,13);1-3,9H. The molecule has 2 amide bonds. The summed E-state index contributed by atoms with van der Waals surface area (Å²) in [5.74, 6) is 0.198. The van der Waals surface area contributed by atoms with Gasteiger partial charge in [-0.3, -0.25) is 9.59 Å². The first-order valence-electron chi connectivity index (χ1n) is 7.62. The van der Waals surface area contributed by atoms with Gasteiger partial charge >= 0.3 is 0 Å². The predicted molar refractivity (Wildman–Crippen MR) is 91.8 cm³/mol. The molecule has 0 radical (unpaired) electrons. The Morgan fingerprint density at radius 3 is 2.43 bits per heavy atom. The number of piperidine rings is 1. The molecule has 1 aliphatic heterocycles. The molecule has 1 fully saturated rings. The summed E-state index contributed by atoms with van der Waals surface area (Å²) in [5, 5.41) is 12.2. The van der Waals surface area contributed by atoms with Crippen molar-refractivity contribution in [1.29, 1.82) is 0 Å². The average molecular weight is 361 g/mol. The molecule has 2 N–H and O–H groups in total. The summed E-state index contributed by atoms with van der Waals surface area (Å²) < 4.78 is 0. The number of carbonyl (C=O) groups excluding carboxylic acids is 2. The quantitative estimate of drug-likeness (QED) is 0.809. The Morgan fingerprint density at radius 1 is 1.30 bits per heavy atom. The smallest absolute Gasteiger partial charge is 0.245 e. The van der Waals surface area contributed by atoms with Crippen molar-refractivity contribution in [3.8, 4) is 5.75 Å². The van der Waals surface area contributed by atoms with E-state index in [1.54, 1.807) is 6.07 Å². The highest BCUT2D eigenvalue weighted by atomic mass is 35.5. The van der Waals surface area contributed by atoms with Crippen LogP contribution in [0, 0.1) is 0 Å². The summed E-state index contributed by atoms with van der Waals surface area (Å²) in [6, 6.07) is 4.09. The van der Waals surface area contributed by atoms with Crippen LogP contribution in [0.4, 0.5) is 0 Å². The molecule has 0 saturated carbocycles. The Hall–Kier alpha value is -1.46. The van der Waals surface area contributed by atoms with Crippen LogP contribution in [0.2, 0.25) is 10.0 Å². The van der Waals surface area contributed by atoms with Crippen molar-refractivity contribution in [3.63, 3.8) is 0 Å². The number of phenolic OH excluding ortho intramolecular Hbond substituents is 1. The van der Waals surface area contributed by atoms with E-state index in [0.29, 0.717) is 22.9 Å². The molecule has 0 aliphatic carbocycles. The van der Waals surface area contributed by atoms with Crippen molar-refractivity contribution in [2.45, 2.75) is 38.6 Å². The van der Waals surface area contributed by atoms with E-state index in [4.69, 9.17) is 28.3 Å². The molecule has 128 valence electrons. The third kappa shape index (κ3) is 6.67. The van der Waals surface area contributed by atoms with Crippen molar-refractivity contribution in [1.82, 2.24) is 10.2 Å². The monoisotopic (exact) mass is 360 g/mol. The van der Waals surface area contributed by atoms with E-state index >= 15 is 0 Å². The van der Waals surface area contributed by atoms with Crippen LogP contribution in [-0.2, 0) is 9.59 Å². The van der Waals surface area contributed by atoms with Crippen LogP contribution in [0.1, 0.15) is 32.6 Å². The second-order valence-corrected chi connectivity index (χ2v) is 6.04. The number of halogens is 2. The molecular formula is C16H22Cl2N2O3. The van der Waals surface area contributed by atoms with E-state index in [1.165, 1.54) is 18.6 Å². The topological polar surface area (TPSA) is 69.6 Å². The maximum atomic E-state index is 11.8. The highest BCUT2D eigenvalue weighted by molar-refractivity contribution is 6.42. The second kappa shape index (κ2) is 10.3. The minimum Gasteiger partial charge on any atom is -0.508 e. The molecule has 5 nitrogen and oxygen atoms in total. The Balaban J connectivity index is 0.000000253. The normalized spacial score (nSPS) is 15.2. The lowest BCUT2D eigenvalue weighted by molar-refractivity contribution is -0.135. The van der Waals surface area contributed by atoms with E-state index in [2.05, 4.69) is 5.32 Å². The summed E-state index contributed by atoms with van der Waals surface area (Å²) in [6.07, 6.45) is 4.65. The predicted octanol–water partition coefficient (Wildman–Crippen LogP) is 3.22. The Bertz CT molecular complexity index is 520. The number of carbonyl (C=O) groups is 2. The Kier molecular flexibility index (Phi) is 8.81. The molecule has 0 bridgehead atoms. The van der Waals surface area contributed by atoms with Crippen LogP contribution in [0.15, 0.2) is 18.2 Å². The van der Waals surface area contributed by atoms with Crippen molar-refractivity contribution >= 4 is 35.5 Å². The fourth-order valence-corrected chi connectivity index (χ4v) is 2.56. The zero-order chi connectivity index (χ0) is 17.2. The lowest BCUT2D eigenvalue weighted by atomic mass is 10.1. The van der Waals surface area contributed by atoms with Crippen molar-refractivity contribution in [2.75, 3.05) is 13.1 Å². The molecular weight excluding hydrogens is 339 g/mol. The van der Waals surface area contributed by atoms with Gasteiger partial charge in [-0.1, -0.05) is 30.1 Å². The SMILES string of the molecule is CCC(NC=O)C(=O)N1CCCCC1.Oc1ccc(Cl)c(Cl)c1. The number of phenols is 1. The molecule has 1 unspecified atom stereocenters. The molecule has 23 heavy (non-hydrogen) atoms. The fourth-order valence-electron chi connectivity index (χ4n) is 2.27. The zero-order valence-corrected chi connectivity index (χ0v) is 14.6. The number of nitrogens with one attached hydrogen (secondary N) is 1. The number of likely N-dealkylation sites (tertiary alicyclic amines) is 1. The molecule has 1 aliphatic rings. The lowest BCUT2D eigenvalue weighted by Gasteiger charge is -2.29. The fraction of sp³-hybridized carbons (Fsp3) is 0.500. The number of hydrogen-bond acceptors (Lipinski definition) is 3. The number of rotatable bonds is 4. The molecule has 0 aromatic heterocycles. The summed E-state index contributed by atoms with van der Waals surface area (Å²) in [5.41, 5.74) is 0. The number of benzene rings is 1. The van der Waals surface area contributed by atoms with E-state index in [9.17, 15) is 9.59 Å². The highest BCUT2D eigenvalue weighted by Gasteiger charge is 2.23. The van der Waals surface area contributed by atoms with Crippen LogP contribution in [0.3, 0.4) is 0 Å². The molecule has 2 rings (SSSR count). The van der Waals surface area contributed by atoms with Gasteiger partial charge in [0.05, 0.1) is 10.0 Å². The Morgan fingerprint density at radius 2 is 1.96 bits per heavy atom. The van der Waals surface area contributed by atoms with Gasteiger partial charge in [0.15, 0.2) is 0 Å². The highest BCUT2D eigenvalue weighted by Crippen LogP contribution is 2.25. The molecule has 7 heteroatoms. The molecule has 1 atom stereocenters. The number of aromatic hydroxyl groups is 1. The van der Waals surface area contributed by atoms with Gasteiger partial charge in [-0.2, -0.15) is 0 Å². The van der Waals surface area contributed by atoms with Crippen LogP contribution in [0.5, 0.6) is 5.75 Å².